The molecule has 3 aromatic rings. The molecule has 0 unspecified atom stereocenters. The molecule has 34 heavy (non-hydrogen) atoms. The van der Waals surface area contributed by atoms with Gasteiger partial charge in [0.2, 0.25) is 0 Å². The van der Waals surface area contributed by atoms with Gasteiger partial charge in [-0.3, -0.25) is 9.89 Å². The van der Waals surface area contributed by atoms with Crippen LogP contribution in [0.5, 0.6) is 0 Å². The molecule has 4 rings (SSSR count). The lowest BCUT2D eigenvalue weighted by Crippen LogP contribution is -2.46. The molecule has 1 amide bonds. The molecule has 0 atom stereocenters. The van der Waals surface area contributed by atoms with Crippen molar-refractivity contribution in [1.29, 1.82) is 0 Å². The summed E-state index contributed by atoms with van der Waals surface area (Å²) in [4.78, 5) is 16.1. The van der Waals surface area contributed by atoms with Gasteiger partial charge in [-0.1, -0.05) is 0 Å². The van der Waals surface area contributed by atoms with Crippen molar-refractivity contribution in [3.8, 4) is 11.3 Å². The molecule has 0 saturated carbocycles. The smallest absolute Gasteiger partial charge is 0.355 e. The molecule has 7 nitrogen and oxygen atoms in total. The number of carbonyl (C=O) groups is 1. The van der Waals surface area contributed by atoms with Gasteiger partial charge >= 0.3 is 6.18 Å². The molecule has 1 fully saturated rings. The largest absolute Gasteiger partial charge is 0.433 e. The number of hydrogen-bond acceptors (Lipinski definition) is 5. The molecular formula is C23H24F4N6O. The maximum absolute atomic E-state index is 13.3. The Labute approximate surface area is 193 Å². The van der Waals surface area contributed by atoms with Gasteiger partial charge in [-0.2, -0.15) is 18.3 Å². The van der Waals surface area contributed by atoms with Gasteiger partial charge in [0.25, 0.3) is 5.91 Å². The minimum atomic E-state index is -4.68. The fourth-order valence-corrected chi connectivity index (χ4v) is 4.26. The van der Waals surface area contributed by atoms with E-state index < -0.39 is 23.3 Å². The van der Waals surface area contributed by atoms with Gasteiger partial charge in [0, 0.05) is 31.7 Å². The third-order valence-electron chi connectivity index (χ3n) is 6.40. The van der Waals surface area contributed by atoms with Crippen molar-refractivity contribution >= 4 is 11.7 Å². The predicted octanol–water partition coefficient (Wildman–Crippen LogP) is 4.38. The number of amides is 1. The van der Waals surface area contributed by atoms with Gasteiger partial charge in [-0.25, -0.2) is 4.39 Å². The van der Waals surface area contributed by atoms with E-state index >= 15 is 0 Å². The van der Waals surface area contributed by atoms with Crippen molar-refractivity contribution in [2.24, 2.45) is 0 Å². The van der Waals surface area contributed by atoms with Crippen molar-refractivity contribution in [1.82, 2.24) is 25.3 Å². The summed E-state index contributed by atoms with van der Waals surface area (Å²) in [5.74, 6) is -0.309. The topological polar surface area (TPSA) is 78.0 Å². The highest BCUT2D eigenvalue weighted by Gasteiger charge is 2.39. The van der Waals surface area contributed by atoms with Gasteiger partial charge in [0.15, 0.2) is 11.5 Å². The van der Waals surface area contributed by atoms with Crippen molar-refractivity contribution in [3.63, 3.8) is 0 Å². The number of aromatic amines is 1. The van der Waals surface area contributed by atoms with E-state index in [2.05, 4.69) is 20.2 Å². The predicted molar refractivity (Wildman–Crippen MR) is 118 cm³/mol. The van der Waals surface area contributed by atoms with Crippen LogP contribution in [0, 0.1) is 19.7 Å². The molecule has 0 aliphatic carbocycles. The zero-order valence-corrected chi connectivity index (χ0v) is 18.9. The molecular weight excluding hydrogens is 452 g/mol. The molecule has 0 bridgehead atoms. The number of carbonyl (C=O) groups excluding carboxylic acids is 1. The Hall–Kier alpha value is -3.50. The van der Waals surface area contributed by atoms with Crippen LogP contribution in [0.3, 0.4) is 0 Å². The molecule has 1 saturated heterocycles. The van der Waals surface area contributed by atoms with E-state index in [-0.39, 0.29) is 11.9 Å². The molecule has 11 heteroatoms. The Morgan fingerprint density at radius 2 is 1.74 bits per heavy atom. The van der Waals surface area contributed by atoms with E-state index in [0.29, 0.717) is 31.6 Å². The van der Waals surface area contributed by atoms with Gasteiger partial charge < -0.3 is 9.80 Å². The second-order valence-corrected chi connectivity index (χ2v) is 8.42. The number of piperidine rings is 1. The summed E-state index contributed by atoms with van der Waals surface area (Å²) < 4.78 is 52.7. The molecule has 1 aliphatic rings. The van der Waals surface area contributed by atoms with Gasteiger partial charge in [0.1, 0.15) is 5.82 Å². The van der Waals surface area contributed by atoms with Crippen LogP contribution in [0.15, 0.2) is 30.5 Å². The first kappa shape index (κ1) is 23.7. The van der Waals surface area contributed by atoms with Crippen LogP contribution in [-0.2, 0) is 6.18 Å². The quantitative estimate of drug-likeness (QED) is 0.566. The summed E-state index contributed by atoms with van der Waals surface area (Å²) in [6, 6.07) is 5.86. The summed E-state index contributed by atoms with van der Waals surface area (Å²) in [5.41, 5.74) is 1.73. The maximum Gasteiger partial charge on any atom is 0.433 e. The Morgan fingerprint density at radius 3 is 2.35 bits per heavy atom. The fourth-order valence-electron chi connectivity index (χ4n) is 4.26. The number of benzene rings is 1. The lowest BCUT2D eigenvalue weighted by atomic mass is 10.0. The van der Waals surface area contributed by atoms with Gasteiger partial charge in [-0.15, -0.1) is 10.2 Å². The van der Waals surface area contributed by atoms with Crippen LogP contribution in [0.4, 0.5) is 23.4 Å². The van der Waals surface area contributed by atoms with Crippen molar-refractivity contribution in [2.45, 2.75) is 38.9 Å². The Bertz CT molecular complexity index is 1180. The molecule has 1 N–H and O–H groups in total. The Kier molecular flexibility index (Phi) is 6.28. The summed E-state index contributed by atoms with van der Waals surface area (Å²) in [5, 5.41) is 14.1. The average Bonchev–Trinajstić information content (AvgIpc) is 3.32. The summed E-state index contributed by atoms with van der Waals surface area (Å²) in [7, 11) is 1.52. The minimum absolute atomic E-state index is 0.215. The number of H-pyrrole nitrogens is 1. The van der Waals surface area contributed by atoms with Gasteiger partial charge in [-0.05, 0) is 62.1 Å². The molecule has 180 valence electrons. The standard InChI is InChI=1S/C23H24F4N6O/c1-13-14(2)21(31-29-19(13)15-4-6-16(24)7-5-15)33-10-8-17(9-11-33)32(3)22(34)18-12-28-30-20(18)23(25,26)27/h4-7,12,17H,8-11H2,1-3H3,(H,28,30). The van der Waals surface area contributed by atoms with Crippen molar-refractivity contribution in [2.75, 3.05) is 25.0 Å². The lowest BCUT2D eigenvalue weighted by Gasteiger charge is -2.37. The van der Waals surface area contributed by atoms with E-state index in [1.807, 2.05) is 18.9 Å². The summed E-state index contributed by atoms with van der Waals surface area (Å²) in [6.07, 6.45) is -2.62. The first-order valence-corrected chi connectivity index (χ1v) is 10.8. The number of aromatic nitrogens is 4. The average molecular weight is 476 g/mol. The van der Waals surface area contributed by atoms with Crippen LogP contribution in [0.25, 0.3) is 11.3 Å². The van der Waals surface area contributed by atoms with E-state index in [0.717, 1.165) is 28.7 Å². The van der Waals surface area contributed by atoms with Crippen LogP contribution >= 0.6 is 0 Å². The first-order valence-electron chi connectivity index (χ1n) is 10.8. The molecule has 1 aliphatic heterocycles. The molecule has 2 aromatic heterocycles. The third-order valence-corrected chi connectivity index (χ3v) is 6.40. The van der Waals surface area contributed by atoms with E-state index in [1.54, 1.807) is 12.1 Å². The highest BCUT2D eigenvalue weighted by molar-refractivity contribution is 5.95. The monoisotopic (exact) mass is 476 g/mol. The number of rotatable bonds is 4. The maximum atomic E-state index is 13.3. The number of nitrogens with one attached hydrogen (secondary N) is 1. The zero-order chi connectivity index (χ0) is 24.6. The molecule has 0 spiro atoms. The number of alkyl halides is 3. The van der Waals surface area contributed by atoms with E-state index in [9.17, 15) is 22.4 Å². The number of anilines is 1. The highest BCUT2D eigenvalue weighted by Crippen LogP contribution is 2.32. The SMILES string of the molecule is Cc1c(-c2ccc(F)cc2)nnc(N2CCC(N(C)C(=O)c3cn[nH]c3C(F)(F)F)CC2)c1C. The lowest BCUT2D eigenvalue weighted by molar-refractivity contribution is -0.141. The van der Waals surface area contributed by atoms with Crippen LogP contribution in [-0.4, -0.2) is 57.4 Å². The first-order chi connectivity index (χ1) is 16.1. The molecule has 1 aromatic carbocycles. The summed E-state index contributed by atoms with van der Waals surface area (Å²) >= 11 is 0. The van der Waals surface area contributed by atoms with E-state index in [1.165, 1.54) is 24.1 Å². The third kappa shape index (κ3) is 4.46. The molecule has 3 heterocycles. The highest BCUT2D eigenvalue weighted by atomic mass is 19.4. The molecule has 0 radical (unpaired) electrons. The van der Waals surface area contributed by atoms with E-state index in [4.69, 9.17) is 0 Å². The van der Waals surface area contributed by atoms with Crippen LogP contribution in [0.1, 0.15) is 40.0 Å². The van der Waals surface area contributed by atoms with Crippen molar-refractivity contribution < 1.29 is 22.4 Å². The Balaban J connectivity index is 1.46. The zero-order valence-electron chi connectivity index (χ0n) is 18.9. The number of hydrogen-bond donors (Lipinski definition) is 1. The van der Waals surface area contributed by atoms with Crippen LogP contribution in [0.2, 0.25) is 0 Å². The van der Waals surface area contributed by atoms with Crippen LogP contribution < -0.4 is 4.90 Å². The normalized spacial score (nSPS) is 15.0. The fraction of sp³-hybridized carbons (Fsp3) is 0.391. The second kappa shape index (κ2) is 9.03. The second-order valence-electron chi connectivity index (χ2n) is 8.42. The van der Waals surface area contributed by atoms with Crippen molar-refractivity contribution in [3.05, 3.63) is 58.7 Å². The number of halogens is 4. The Morgan fingerprint density at radius 1 is 1.09 bits per heavy atom. The summed E-state index contributed by atoms with van der Waals surface area (Å²) in [6.45, 7) is 5.04. The number of nitrogens with zero attached hydrogens (tertiary/aromatic N) is 5. The van der Waals surface area contributed by atoms with Gasteiger partial charge in [0.05, 0.1) is 17.5 Å². The minimum Gasteiger partial charge on any atom is -0.355 e.